The smallest absolute Gasteiger partial charge is 0.316 e. The minimum atomic E-state index is -0.564. The van der Waals surface area contributed by atoms with E-state index >= 15 is 0 Å². The van der Waals surface area contributed by atoms with Gasteiger partial charge < -0.3 is 9.64 Å². The monoisotopic (exact) mass is 496 g/mol. The van der Waals surface area contributed by atoms with Crippen LogP contribution in [0.15, 0.2) is 54.6 Å². The summed E-state index contributed by atoms with van der Waals surface area (Å²) < 4.78 is 5.66. The number of allylic oxidation sites excluding steroid dienone is 2. The van der Waals surface area contributed by atoms with Gasteiger partial charge in [-0.25, -0.2) is 4.90 Å². The number of esters is 1. The minimum Gasteiger partial charge on any atom is -0.426 e. The van der Waals surface area contributed by atoms with Crippen molar-refractivity contribution in [1.29, 1.82) is 0 Å². The van der Waals surface area contributed by atoms with Crippen LogP contribution in [-0.2, 0) is 19.2 Å². The van der Waals surface area contributed by atoms with Crippen molar-refractivity contribution in [2.75, 3.05) is 16.3 Å². The van der Waals surface area contributed by atoms with E-state index in [9.17, 15) is 19.2 Å². The Balaban J connectivity index is 1.07. The van der Waals surface area contributed by atoms with Gasteiger partial charge in [0.1, 0.15) is 5.75 Å². The molecule has 6 aliphatic rings. The number of benzene rings is 2. The standard InChI is InChI=1S/C30H28N2O5/c1-15-5-3-4-6-23(15)31-14-17(12-25(31)33)30(36)37-18-7-10-24(16(2)11-18)32-28(34)26-19-8-9-20(22-13-21(19)22)27(26)29(32)35/h3-11,17,19-22,26-27H,12-14H2,1-2H3/t17-,19+,20+,21+,22+,26-,27-/m1/s1. The quantitative estimate of drug-likeness (QED) is 0.278. The molecule has 188 valence electrons. The van der Waals surface area contributed by atoms with Crippen molar-refractivity contribution in [3.8, 4) is 5.75 Å². The summed E-state index contributed by atoms with van der Waals surface area (Å²) in [5.74, 6) is -0.0287. The van der Waals surface area contributed by atoms with E-state index in [-0.39, 0.29) is 54.4 Å². The highest BCUT2D eigenvalue weighted by Gasteiger charge is 2.67. The summed E-state index contributed by atoms with van der Waals surface area (Å²) in [5.41, 5.74) is 3.03. The van der Waals surface area contributed by atoms with Crippen molar-refractivity contribution < 1.29 is 23.9 Å². The number of anilines is 2. The van der Waals surface area contributed by atoms with E-state index in [2.05, 4.69) is 12.2 Å². The maximum absolute atomic E-state index is 13.4. The summed E-state index contributed by atoms with van der Waals surface area (Å²) in [6, 6.07) is 12.6. The predicted octanol–water partition coefficient (Wildman–Crippen LogP) is 3.82. The fourth-order valence-corrected chi connectivity index (χ4v) is 7.30. The van der Waals surface area contributed by atoms with Gasteiger partial charge >= 0.3 is 5.97 Å². The zero-order chi connectivity index (χ0) is 25.6. The Morgan fingerprint density at radius 2 is 1.54 bits per heavy atom. The van der Waals surface area contributed by atoms with Crippen LogP contribution in [0.3, 0.4) is 0 Å². The van der Waals surface area contributed by atoms with Gasteiger partial charge in [-0.05, 0) is 79.3 Å². The lowest BCUT2D eigenvalue weighted by Crippen LogP contribution is -2.40. The molecule has 3 amide bonds. The Morgan fingerprint density at radius 3 is 2.19 bits per heavy atom. The zero-order valence-electron chi connectivity index (χ0n) is 20.8. The number of hydrogen-bond acceptors (Lipinski definition) is 5. The summed E-state index contributed by atoms with van der Waals surface area (Å²) in [6.45, 7) is 4.03. The summed E-state index contributed by atoms with van der Waals surface area (Å²) in [7, 11) is 0. The predicted molar refractivity (Wildman–Crippen MR) is 136 cm³/mol. The fraction of sp³-hybridized carbons (Fsp3) is 0.400. The Kier molecular flexibility index (Phi) is 4.78. The van der Waals surface area contributed by atoms with Crippen LogP contribution in [0.1, 0.15) is 24.0 Å². The first-order chi connectivity index (χ1) is 17.8. The highest BCUT2D eigenvalue weighted by molar-refractivity contribution is 6.23. The first-order valence-electron chi connectivity index (χ1n) is 13.1. The van der Waals surface area contributed by atoms with Crippen molar-refractivity contribution in [2.45, 2.75) is 26.7 Å². The van der Waals surface area contributed by atoms with Gasteiger partial charge in [-0.2, -0.15) is 0 Å². The molecule has 2 saturated heterocycles. The lowest BCUT2D eigenvalue weighted by molar-refractivity contribution is -0.139. The number of ether oxygens (including phenoxy) is 1. The number of para-hydroxylation sites is 1. The van der Waals surface area contributed by atoms with Gasteiger partial charge in [0.15, 0.2) is 0 Å². The summed E-state index contributed by atoms with van der Waals surface area (Å²) in [6.07, 6.45) is 5.56. The first kappa shape index (κ1) is 22.5. The second-order valence-corrected chi connectivity index (χ2v) is 11.2. The van der Waals surface area contributed by atoms with Gasteiger partial charge in [0.25, 0.3) is 0 Å². The third-order valence-electron chi connectivity index (χ3n) is 9.16. The second kappa shape index (κ2) is 7.88. The molecule has 2 saturated carbocycles. The number of aryl methyl sites for hydroxylation is 2. The molecule has 7 atom stereocenters. The molecule has 0 unspecified atom stereocenters. The van der Waals surface area contributed by atoms with Crippen LogP contribution in [0.2, 0.25) is 0 Å². The topological polar surface area (TPSA) is 84.0 Å². The number of carbonyl (C=O) groups excluding carboxylic acids is 4. The molecule has 2 bridgehead atoms. The zero-order valence-corrected chi connectivity index (χ0v) is 20.8. The Labute approximate surface area is 215 Å². The largest absolute Gasteiger partial charge is 0.426 e. The average Bonchev–Trinajstić information content (AvgIpc) is 3.56. The molecule has 7 heteroatoms. The fourth-order valence-electron chi connectivity index (χ4n) is 7.30. The number of amides is 3. The normalized spacial score (nSPS) is 33.1. The van der Waals surface area contributed by atoms with Crippen molar-refractivity contribution in [3.05, 3.63) is 65.7 Å². The molecule has 8 rings (SSSR count). The van der Waals surface area contributed by atoms with E-state index in [1.807, 2.05) is 38.1 Å². The summed E-state index contributed by atoms with van der Waals surface area (Å²) in [4.78, 5) is 55.5. The van der Waals surface area contributed by atoms with Crippen molar-refractivity contribution in [2.24, 2.45) is 41.4 Å². The van der Waals surface area contributed by atoms with Crippen LogP contribution in [0.25, 0.3) is 0 Å². The number of nitrogens with zero attached hydrogens (tertiary/aromatic N) is 2. The molecule has 4 aliphatic carbocycles. The molecule has 2 aliphatic heterocycles. The van der Waals surface area contributed by atoms with Crippen LogP contribution in [-0.4, -0.2) is 30.2 Å². The van der Waals surface area contributed by atoms with E-state index in [0.717, 1.165) is 17.7 Å². The lowest BCUT2D eigenvalue weighted by atomic mass is 9.63. The molecule has 4 fully saturated rings. The summed E-state index contributed by atoms with van der Waals surface area (Å²) >= 11 is 0. The molecule has 2 aromatic rings. The molecule has 7 nitrogen and oxygen atoms in total. The maximum atomic E-state index is 13.4. The number of carbonyl (C=O) groups is 4. The van der Waals surface area contributed by atoms with E-state index in [0.29, 0.717) is 28.8 Å². The van der Waals surface area contributed by atoms with Crippen LogP contribution >= 0.6 is 0 Å². The van der Waals surface area contributed by atoms with Gasteiger partial charge in [0.05, 0.1) is 23.4 Å². The van der Waals surface area contributed by atoms with Gasteiger partial charge in [-0.1, -0.05) is 30.4 Å². The van der Waals surface area contributed by atoms with Crippen molar-refractivity contribution >= 4 is 35.1 Å². The Bertz CT molecular complexity index is 1380. The third kappa shape index (κ3) is 3.26. The van der Waals surface area contributed by atoms with Crippen molar-refractivity contribution in [1.82, 2.24) is 0 Å². The molecule has 0 radical (unpaired) electrons. The highest BCUT2D eigenvalue weighted by Crippen LogP contribution is 2.65. The Hall–Kier alpha value is -3.74. The number of hydrogen-bond donors (Lipinski definition) is 0. The van der Waals surface area contributed by atoms with Gasteiger partial charge in [0.2, 0.25) is 17.7 Å². The van der Waals surface area contributed by atoms with E-state index in [1.54, 1.807) is 23.1 Å². The molecule has 37 heavy (non-hydrogen) atoms. The van der Waals surface area contributed by atoms with Gasteiger partial charge in [0, 0.05) is 18.7 Å². The molecule has 0 spiro atoms. The molecule has 0 aromatic heterocycles. The second-order valence-electron chi connectivity index (χ2n) is 11.2. The van der Waals surface area contributed by atoms with E-state index in [1.165, 1.54) is 4.90 Å². The molecule has 2 heterocycles. The van der Waals surface area contributed by atoms with Crippen molar-refractivity contribution in [3.63, 3.8) is 0 Å². The minimum absolute atomic E-state index is 0.0994. The van der Waals surface area contributed by atoms with Crippen LogP contribution in [0.5, 0.6) is 5.75 Å². The lowest BCUT2D eigenvalue weighted by Gasteiger charge is -2.37. The molecule has 2 aromatic carbocycles. The molecular weight excluding hydrogens is 468 g/mol. The van der Waals surface area contributed by atoms with Crippen LogP contribution in [0.4, 0.5) is 11.4 Å². The maximum Gasteiger partial charge on any atom is 0.316 e. The Morgan fingerprint density at radius 1 is 0.865 bits per heavy atom. The van der Waals surface area contributed by atoms with Gasteiger partial charge in [-0.3, -0.25) is 19.2 Å². The van der Waals surface area contributed by atoms with E-state index in [4.69, 9.17) is 4.74 Å². The SMILES string of the molecule is Cc1ccccc1N1C[C@H](C(=O)Oc2ccc(N3C(=O)[C@@H]4[C@H]5C=C[C@@H]([C@@H]6C[C@@H]56)[C@H]4C3=O)c(C)c2)CC1=O. The number of imide groups is 1. The molecule has 0 N–H and O–H groups in total. The first-order valence-corrected chi connectivity index (χ1v) is 13.1. The average molecular weight is 497 g/mol. The number of rotatable bonds is 4. The van der Waals surface area contributed by atoms with Gasteiger partial charge in [-0.15, -0.1) is 0 Å². The summed E-state index contributed by atoms with van der Waals surface area (Å²) in [5, 5.41) is 0. The van der Waals surface area contributed by atoms with Crippen LogP contribution in [0, 0.1) is 55.3 Å². The highest BCUT2D eigenvalue weighted by atomic mass is 16.5. The van der Waals surface area contributed by atoms with E-state index < -0.39 is 11.9 Å². The van der Waals surface area contributed by atoms with Crippen LogP contribution < -0.4 is 14.5 Å². The molecular formula is C30H28N2O5. The third-order valence-corrected chi connectivity index (χ3v) is 9.16.